The van der Waals surface area contributed by atoms with Crippen LogP contribution in [0, 0.1) is 0 Å². The molecule has 0 aromatic rings. The Labute approximate surface area is 193 Å². The smallest absolute Gasteiger partial charge is 0.252 e. The van der Waals surface area contributed by atoms with Gasteiger partial charge in [0.2, 0.25) is 0 Å². The molecule has 188 valence electrons. The second-order valence-electron chi connectivity index (χ2n) is 9.17. The Hall–Kier alpha value is -1.96. The molecule has 0 aromatic carbocycles. The van der Waals surface area contributed by atoms with Crippen LogP contribution in [-0.2, 0) is 14.3 Å². The van der Waals surface area contributed by atoms with Crippen molar-refractivity contribution in [3.8, 4) is 0 Å². The van der Waals surface area contributed by atoms with Gasteiger partial charge in [-0.05, 0) is 38.3 Å². The fraction of sp³-hybridized carbons (Fsp3) is 0.810. The number of aliphatic hydroxyl groups excluding tert-OH is 2. The van der Waals surface area contributed by atoms with Gasteiger partial charge in [0.05, 0.1) is 18.7 Å². The first-order valence-corrected chi connectivity index (χ1v) is 11.6. The number of carbonyl (C=O) groups excluding carboxylic acids is 1. The Kier molecular flexibility index (Phi) is 8.90. The van der Waals surface area contributed by atoms with Gasteiger partial charge in [0, 0.05) is 38.0 Å². The van der Waals surface area contributed by atoms with Gasteiger partial charge in [0.25, 0.3) is 5.91 Å². The number of guanidine groups is 1. The zero-order valence-corrected chi connectivity index (χ0v) is 18.9. The zero-order chi connectivity index (χ0) is 24.0. The number of nitrogens with one attached hydrogen (secondary N) is 2. The van der Waals surface area contributed by atoms with Crippen molar-refractivity contribution in [2.75, 3.05) is 19.7 Å². The van der Waals surface area contributed by atoms with E-state index >= 15 is 0 Å². The number of nitrogens with two attached hydrogens (primary N) is 3. The lowest BCUT2D eigenvalue weighted by atomic mass is 9.75. The number of hydrogen-bond donors (Lipinski definition) is 8. The van der Waals surface area contributed by atoms with Crippen molar-refractivity contribution in [1.82, 2.24) is 10.6 Å². The highest BCUT2D eigenvalue weighted by Crippen LogP contribution is 2.35. The van der Waals surface area contributed by atoms with Crippen LogP contribution in [0.5, 0.6) is 0 Å². The van der Waals surface area contributed by atoms with Gasteiger partial charge in [-0.2, -0.15) is 0 Å². The molecule has 12 heteroatoms. The van der Waals surface area contributed by atoms with Crippen molar-refractivity contribution < 1.29 is 29.6 Å². The van der Waals surface area contributed by atoms with E-state index in [0.29, 0.717) is 32.4 Å². The highest BCUT2D eigenvalue weighted by Gasteiger charge is 2.50. The number of aliphatic hydroxyl groups is 3. The average Bonchev–Trinajstić information content (AvgIpc) is 2.72. The Morgan fingerprint density at radius 1 is 1.33 bits per heavy atom. The lowest BCUT2D eigenvalue weighted by Gasteiger charge is -2.43. The van der Waals surface area contributed by atoms with E-state index in [2.05, 4.69) is 15.6 Å². The predicted octanol–water partition coefficient (Wildman–Crippen LogP) is -2.50. The Bertz CT molecular complexity index is 712. The number of carbonyl (C=O) groups is 1. The maximum atomic E-state index is 12.6. The van der Waals surface area contributed by atoms with Crippen LogP contribution in [0.15, 0.2) is 16.8 Å². The monoisotopic (exact) mass is 470 g/mol. The van der Waals surface area contributed by atoms with E-state index in [-0.39, 0.29) is 43.9 Å². The molecule has 3 rings (SSSR count). The highest BCUT2D eigenvalue weighted by molar-refractivity contribution is 5.87. The summed E-state index contributed by atoms with van der Waals surface area (Å²) < 4.78 is 11.9. The molecule has 3 unspecified atom stereocenters. The molecule has 0 saturated heterocycles. The lowest BCUT2D eigenvalue weighted by Crippen LogP contribution is -2.62. The molecule has 33 heavy (non-hydrogen) atoms. The Balaban J connectivity index is 1.44. The third kappa shape index (κ3) is 7.01. The van der Waals surface area contributed by atoms with E-state index in [1.54, 1.807) is 0 Å². The first-order valence-electron chi connectivity index (χ1n) is 11.6. The van der Waals surface area contributed by atoms with Crippen LogP contribution >= 0.6 is 0 Å². The van der Waals surface area contributed by atoms with Crippen LogP contribution in [-0.4, -0.2) is 89.1 Å². The molecule has 0 spiro atoms. The molecule has 3 aliphatic rings. The number of ether oxygens (including phenoxy) is 2. The van der Waals surface area contributed by atoms with Gasteiger partial charge in [0.15, 0.2) is 12.2 Å². The minimum Gasteiger partial charge on any atom is -0.468 e. The van der Waals surface area contributed by atoms with Crippen LogP contribution in [0.3, 0.4) is 0 Å². The first kappa shape index (κ1) is 25.7. The molecule has 2 saturated carbocycles. The quantitative estimate of drug-likeness (QED) is 0.0955. The van der Waals surface area contributed by atoms with Crippen molar-refractivity contribution in [3.05, 3.63) is 11.8 Å². The summed E-state index contributed by atoms with van der Waals surface area (Å²) in [4.78, 5) is 16.5. The van der Waals surface area contributed by atoms with E-state index in [0.717, 1.165) is 12.2 Å². The Morgan fingerprint density at radius 2 is 2.09 bits per heavy atom. The van der Waals surface area contributed by atoms with Crippen LogP contribution in [0.2, 0.25) is 0 Å². The average molecular weight is 471 g/mol. The summed E-state index contributed by atoms with van der Waals surface area (Å²) in [7, 11) is 0. The van der Waals surface area contributed by atoms with Gasteiger partial charge in [-0.25, -0.2) is 0 Å². The van der Waals surface area contributed by atoms with Crippen molar-refractivity contribution in [3.63, 3.8) is 0 Å². The number of allylic oxidation sites excluding steroid dienone is 1. The fourth-order valence-corrected chi connectivity index (χ4v) is 4.56. The number of hydrogen-bond acceptors (Lipinski definition) is 9. The summed E-state index contributed by atoms with van der Waals surface area (Å²) in [6.07, 6.45) is 3.05. The molecular formula is C21H38N6O6. The summed E-state index contributed by atoms with van der Waals surface area (Å²) in [5.74, 6) is 0.186. The van der Waals surface area contributed by atoms with E-state index in [1.807, 2.05) is 6.08 Å². The van der Waals surface area contributed by atoms with E-state index in [4.69, 9.17) is 31.8 Å². The van der Waals surface area contributed by atoms with E-state index in [1.165, 1.54) is 0 Å². The third-order valence-electron chi connectivity index (χ3n) is 6.30. The van der Waals surface area contributed by atoms with Crippen molar-refractivity contribution in [1.29, 1.82) is 0 Å². The van der Waals surface area contributed by atoms with Crippen LogP contribution in [0.4, 0.5) is 0 Å². The molecule has 0 bridgehead atoms. The maximum absolute atomic E-state index is 12.6. The van der Waals surface area contributed by atoms with Gasteiger partial charge >= 0.3 is 0 Å². The normalized spacial score (nSPS) is 36.2. The number of rotatable bonds is 10. The fourth-order valence-electron chi connectivity index (χ4n) is 4.56. The van der Waals surface area contributed by atoms with E-state index in [9.17, 15) is 15.0 Å². The number of nitrogens with zero attached hydrogens (tertiary/aromatic N) is 1. The summed E-state index contributed by atoms with van der Waals surface area (Å²) >= 11 is 0. The molecule has 2 fully saturated rings. The minimum atomic E-state index is -1.52. The molecular weight excluding hydrogens is 432 g/mol. The second-order valence-corrected chi connectivity index (χ2v) is 9.17. The maximum Gasteiger partial charge on any atom is 0.252 e. The van der Waals surface area contributed by atoms with Crippen LogP contribution < -0.4 is 27.8 Å². The third-order valence-corrected chi connectivity index (χ3v) is 6.30. The molecule has 11 N–H and O–H groups in total. The molecule has 5 atom stereocenters. The summed E-state index contributed by atoms with van der Waals surface area (Å²) in [5, 5.41) is 36.0. The summed E-state index contributed by atoms with van der Waals surface area (Å²) in [6, 6.07) is -1.17. The highest BCUT2D eigenvalue weighted by atomic mass is 16.7. The molecule has 2 aliphatic carbocycles. The summed E-state index contributed by atoms with van der Waals surface area (Å²) in [6.45, 7) is 1.36. The van der Waals surface area contributed by atoms with Crippen LogP contribution in [0.1, 0.15) is 44.9 Å². The van der Waals surface area contributed by atoms with Crippen molar-refractivity contribution in [2.24, 2.45) is 22.2 Å². The Morgan fingerprint density at radius 3 is 2.76 bits per heavy atom. The molecule has 1 amide bonds. The van der Waals surface area contributed by atoms with Gasteiger partial charge in [0.1, 0.15) is 17.5 Å². The first-order chi connectivity index (χ1) is 15.7. The molecule has 0 radical (unpaired) electrons. The SMILES string of the molecule is NC(N)=NC1CC(O)(C(=O)NC2CC(N)[C@@H](O[C@@H]3CCC=C(CNCCCO)O3)C(O)C2)C1. The van der Waals surface area contributed by atoms with Crippen LogP contribution in [0.25, 0.3) is 0 Å². The van der Waals surface area contributed by atoms with Crippen molar-refractivity contribution >= 4 is 11.9 Å². The van der Waals surface area contributed by atoms with Gasteiger partial charge in [-0.3, -0.25) is 9.79 Å². The standard InChI is InChI=1S/C21H38N6O6/c22-15-7-12(26-19(30)21(31)9-13(10-21)27-20(23)24)8-16(29)18(15)33-17-4-1-3-14(32-17)11-25-5-2-6-28/h3,12-13,15-18,25,28-29,31H,1-2,4-11,22H2,(H,26,30)(H4,23,24,27)/t12?,13?,15?,16?,17-,18-,21?/m1/s1. The number of aliphatic imine (C=N–C) groups is 1. The summed E-state index contributed by atoms with van der Waals surface area (Å²) in [5.41, 5.74) is 15.4. The van der Waals surface area contributed by atoms with Gasteiger partial charge in [-0.15, -0.1) is 0 Å². The molecule has 1 heterocycles. The van der Waals surface area contributed by atoms with Gasteiger partial charge in [-0.1, -0.05) is 0 Å². The van der Waals surface area contributed by atoms with E-state index < -0.39 is 36.0 Å². The predicted molar refractivity (Wildman–Crippen MR) is 121 cm³/mol. The number of amides is 1. The topological polar surface area (TPSA) is 211 Å². The minimum absolute atomic E-state index is 0.0719. The molecule has 0 aromatic heterocycles. The van der Waals surface area contributed by atoms with Crippen molar-refractivity contribution in [2.45, 2.75) is 87.2 Å². The molecule has 12 nitrogen and oxygen atoms in total. The second kappa shape index (κ2) is 11.4. The van der Waals surface area contributed by atoms with Gasteiger partial charge < -0.3 is 52.6 Å². The lowest BCUT2D eigenvalue weighted by molar-refractivity contribution is -0.196. The zero-order valence-electron chi connectivity index (χ0n) is 18.9. The molecule has 1 aliphatic heterocycles. The largest absolute Gasteiger partial charge is 0.468 e.